The molecular formula is C18H15FO2. The molecule has 3 rings (SSSR count). The first-order valence-electron chi connectivity index (χ1n) is 6.79. The summed E-state index contributed by atoms with van der Waals surface area (Å²) in [7, 11) is 0. The number of ether oxygens (including phenoxy) is 1. The highest BCUT2D eigenvalue weighted by atomic mass is 19.1. The van der Waals surface area contributed by atoms with Gasteiger partial charge in [0.05, 0.1) is 6.10 Å². The average Bonchev–Trinajstić information content (AvgIpc) is 2.49. The minimum absolute atomic E-state index is 0.0730. The van der Waals surface area contributed by atoms with E-state index in [2.05, 4.69) is 0 Å². The van der Waals surface area contributed by atoms with Gasteiger partial charge in [-0.2, -0.15) is 0 Å². The van der Waals surface area contributed by atoms with Gasteiger partial charge >= 0.3 is 0 Å². The minimum Gasteiger partial charge on any atom is -0.453 e. The summed E-state index contributed by atoms with van der Waals surface area (Å²) in [5, 5.41) is 11.7. The van der Waals surface area contributed by atoms with Crippen LogP contribution in [0.1, 0.15) is 18.6 Å². The van der Waals surface area contributed by atoms with E-state index < -0.39 is 11.9 Å². The van der Waals surface area contributed by atoms with Gasteiger partial charge in [-0.3, -0.25) is 0 Å². The first kappa shape index (κ1) is 13.6. The predicted octanol–water partition coefficient (Wildman–Crippen LogP) is 4.82. The zero-order valence-corrected chi connectivity index (χ0v) is 11.6. The maximum Gasteiger partial charge on any atom is 0.168 e. The van der Waals surface area contributed by atoms with Crippen LogP contribution in [-0.2, 0) is 0 Å². The maximum atomic E-state index is 14.1. The van der Waals surface area contributed by atoms with Gasteiger partial charge in [0, 0.05) is 10.9 Å². The monoisotopic (exact) mass is 282 g/mol. The summed E-state index contributed by atoms with van der Waals surface area (Å²) in [6.45, 7) is 1.59. The third-order valence-corrected chi connectivity index (χ3v) is 3.41. The molecule has 1 N–H and O–H groups in total. The summed E-state index contributed by atoms with van der Waals surface area (Å²) < 4.78 is 19.8. The molecule has 2 nitrogen and oxygen atoms in total. The molecule has 0 bridgehead atoms. The molecule has 0 spiro atoms. The molecule has 0 aromatic heterocycles. The van der Waals surface area contributed by atoms with Gasteiger partial charge in [-0.05, 0) is 24.4 Å². The molecule has 0 saturated heterocycles. The van der Waals surface area contributed by atoms with E-state index in [-0.39, 0.29) is 5.75 Å². The van der Waals surface area contributed by atoms with Crippen LogP contribution in [0.4, 0.5) is 4.39 Å². The highest BCUT2D eigenvalue weighted by Gasteiger charge is 2.15. The molecular weight excluding hydrogens is 267 g/mol. The minimum atomic E-state index is -0.800. The number of rotatable bonds is 3. The van der Waals surface area contributed by atoms with Crippen LogP contribution in [-0.4, -0.2) is 5.11 Å². The van der Waals surface area contributed by atoms with Gasteiger partial charge in [0.15, 0.2) is 11.6 Å². The van der Waals surface area contributed by atoms with Crippen LogP contribution in [0.2, 0.25) is 0 Å². The van der Waals surface area contributed by atoms with Crippen LogP contribution >= 0.6 is 0 Å². The van der Waals surface area contributed by atoms with E-state index in [0.717, 1.165) is 10.8 Å². The fraction of sp³-hybridized carbons (Fsp3) is 0.111. The summed E-state index contributed by atoms with van der Waals surface area (Å²) in [5.74, 6) is 0.158. The zero-order valence-electron chi connectivity index (χ0n) is 11.6. The van der Waals surface area contributed by atoms with Gasteiger partial charge in [0.25, 0.3) is 0 Å². The number of fused-ring (bicyclic) bond motifs is 1. The Labute approximate surface area is 122 Å². The second-order valence-electron chi connectivity index (χ2n) is 4.91. The maximum absolute atomic E-state index is 14.1. The van der Waals surface area contributed by atoms with Crippen LogP contribution in [0, 0.1) is 5.82 Å². The zero-order chi connectivity index (χ0) is 14.8. The van der Waals surface area contributed by atoms with E-state index in [9.17, 15) is 9.50 Å². The van der Waals surface area contributed by atoms with Gasteiger partial charge in [-0.15, -0.1) is 0 Å². The molecule has 0 aliphatic rings. The average molecular weight is 282 g/mol. The number of halogens is 1. The van der Waals surface area contributed by atoms with Crippen LogP contribution in [0.3, 0.4) is 0 Å². The molecule has 0 aliphatic heterocycles. The highest BCUT2D eigenvalue weighted by molar-refractivity contribution is 5.88. The number of para-hydroxylation sites is 1. The molecule has 3 aromatic carbocycles. The van der Waals surface area contributed by atoms with Gasteiger partial charge in [-0.1, -0.05) is 48.5 Å². The highest BCUT2D eigenvalue weighted by Crippen LogP contribution is 2.35. The van der Waals surface area contributed by atoms with Crippen molar-refractivity contribution in [2.24, 2.45) is 0 Å². The number of aliphatic hydroxyl groups is 1. The summed E-state index contributed by atoms with van der Waals surface area (Å²) in [5.41, 5.74) is 0.433. The van der Waals surface area contributed by atoms with Crippen LogP contribution < -0.4 is 4.74 Å². The Hall–Kier alpha value is -2.39. The van der Waals surface area contributed by atoms with Crippen molar-refractivity contribution in [1.29, 1.82) is 0 Å². The standard InChI is InChI=1S/C18H15FO2/c1-12(20)14-9-5-10-16(19)18(14)21-17-11-4-7-13-6-2-3-8-15(13)17/h2-12,20H,1H3. The Bertz CT molecular complexity index is 776. The fourth-order valence-corrected chi connectivity index (χ4v) is 2.36. The van der Waals surface area contributed by atoms with Crippen molar-refractivity contribution in [1.82, 2.24) is 0 Å². The van der Waals surface area contributed by atoms with Crippen LogP contribution in [0.25, 0.3) is 10.8 Å². The molecule has 0 fully saturated rings. The van der Waals surface area contributed by atoms with E-state index >= 15 is 0 Å². The first-order chi connectivity index (χ1) is 10.2. The first-order valence-corrected chi connectivity index (χ1v) is 6.79. The van der Waals surface area contributed by atoms with Gasteiger partial charge in [0.2, 0.25) is 0 Å². The van der Waals surface area contributed by atoms with Crippen LogP contribution in [0.5, 0.6) is 11.5 Å². The van der Waals surface area contributed by atoms with Crippen molar-refractivity contribution in [3.63, 3.8) is 0 Å². The van der Waals surface area contributed by atoms with Crippen molar-refractivity contribution in [3.8, 4) is 11.5 Å². The van der Waals surface area contributed by atoms with Crippen molar-refractivity contribution in [2.45, 2.75) is 13.0 Å². The van der Waals surface area contributed by atoms with Crippen molar-refractivity contribution >= 4 is 10.8 Å². The molecule has 0 saturated carbocycles. The Balaban J connectivity index is 2.11. The fourth-order valence-electron chi connectivity index (χ4n) is 2.36. The molecule has 0 amide bonds. The smallest absolute Gasteiger partial charge is 0.168 e. The number of benzene rings is 3. The quantitative estimate of drug-likeness (QED) is 0.746. The van der Waals surface area contributed by atoms with Gasteiger partial charge in [-0.25, -0.2) is 4.39 Å². The number of hydrogen-bond acceptors (Lipinski definition) is 2. The molecule has 0 radical (unpaired) electrons. The Morgan fingerprint density at radius 2 is 1.67 bits per heavy atom. The van der Waals surface area contributed by atoms with Gasteiger partial charge < -0.3 is 9.84 Å². The lowest BCUT2D eigenvalue weighted by Gasteiger charge is -2.15. The Kier molecular flexibility index (Phi) is 3.59. The Morgan fingerprint density at radius 3 is 2.48 bits per heavy atom. The van der Waals surface area contributed by atoms with E-state index in [4.69, 9.17) is 4.74 Å². The molecule has 3 aromatic rings. The molecule has 3 heteroatoms. The predicted molar refractivity (Wildman–Crippen MR) is 81.1 cm³/mol. The second kappa shape index (κ2) is 5.54. The molecule has 106 valence electrons. The summed E-state index contributed by atoms with van der Waals surface area (Å²) in [6, 6.07) is 17.9. The largest absolute Gasteiger partial charge is 0.453 e. The SMILES string of the molecule is CC(O)c1cccc(F)c1Oc1cccc2ccccc12. The molecule has 21 heavy (non-hydrogen) atoms. The van der Waals surface area contributed by atoms with Crippen molar-refractivity contribution in [2.75, 3.05) is 0 Å². The Morgan fingerprint density at radius 1 is 0.952 bits per heavy atom. The van der Waals surface area contributed by atoms with E-state index in [0.29, 0.717) is 11.3 Å². The third kappa shape index (κ3) is 2.60. The van der Waals surface area contributed by atoms with E-state index in [1.165, 1.54) is 6.07 Å². The van der Waals surface area contributed by atoms with E-state index in [1.807, 2.05) is 36.4 Å². The van der Waals surface area contributed by atoms with Crippen LogP contribution in [0.15, 0.2) is 60.7 Å². The lowest BCUT2D eigenvalue weighted by atomic mass is 10.1. The number of hydrogen-bond donors (Lipinski definition) is 1. The lowest BCUT2D eigenvalue weighted by Crippen LogP contribution is -1.99. The van der Waals surface area contributed by atoms with E-state index in [1.54, 1.807) is 25.1 Å². The normalized spacial score (nSPS) is 12.3. The lowest BCUT2D eigenvalue weighted by molar-refractivity contribution is 0.194. The van der Waals surface area contributed by atoms with Crippen molar-refractivity contribution < 1.29 is 14.2 Å². The topological polar surface area (TPSA) is 29.5 Å². The molecule has 1 atom stereocenters. The summed E-state index contributed by atoms with van der Waals surface area (Å²) >= 11 is 0. The second-order valence-corrected chi connectivity index (χ2v) is 4.91. The molecule has 0 heterocycles. The van der Waals surface area contributed by atoms with Gasteiger partial charge in [0.1, 0.15) is 5.75 Å². The third-order valence-electron chi connectivity index (χ3n) is 3.41. The number of aliphatic hydroxyl groups excluding tert-OH is 1. The van der Waals surface area contributed by atoms with Crippen molar-refractivity contribution in [3.05, 3.63) is 72.0 Å². The summed E-state index contributed by atoms with van der Waals surface area (Å²) in [6.07, 6.45) is -0.800. The molecule has 1 unspecified atom stereocenters. The molecule has 0 aliphatic carbocycles. The summed E-state index contributed by atoms with van der Waals surface area (Å²) in [4.78, 5) is 0.